The highest BCUT2D eigenvalue weighted by molar-refractivity contribution is 7.90. The molecule has 2 aromatic carbocycles. The van der Waals surface area contributed by atoms with E-state index in [1.54, 1.807) is 42.7 Å². The maximum Gasteiger partial charge on any atom is 0.335 e. The molecule has 0 saturated carbocycles. The number of rotatable bonds is 9. The van der Waals surface area contributed by atoms with Gasteiger partial charge in [0.1, 0.15) is 23.8 Å². The molecule has 2 fully saturated rings. The monoisotopic (exact) mass is 795 g/mol. The van der Waals surface area contributed by atoms with Crippen LogP contribution in [0.1, 0.15) is 87.1 Å². The number of piperidine rings is 2. The molecule has 3 aromatic heterocycles. The van der Waals surface area contributed by atoms with E-state index in [0.29, 0.717) is 22.3 Å². The Morgan fingerprint density at radius 2 is 1.17 bits per heavy atom. The Labute approximate surface area is 339 Å². The lowest BCUT2D eigenvalue weighted by Crippen LogP contribution is -2.30. The molecular weight excluding hydrogens is 751 g/mol. The molecular formula is C45H45N7O5S. The number of Topliss-reactive ketones (excluding diaryl/α,β-unsaturated/α-hetero) is 1. The Bertz CT molecular complexity index is 2550. The van der Waals surface area contributed by atoms with Gasteiger partial charge in [-0.05, 0) is 123 Å². The van der Waals surface area contributed by atoms with Crippen LogP contribution < -0.4 is 9.80 Å². The van der Waals surface area contributed by atoms with Crippen molar-refractivity contribution in [2.24, 2.45) is 0 Å². The molecule has 58 heavy (non-hydrogen) atoms. The minimum atomic E-state index is -3.45. The van der Waals surface area contributed by atoms with E-state index in [9.17, 15) is 33.6 Å². The molecule has 5 heterocycles. The molecule has 12 nitrogen and oxygen atoms in total. The molecule has 0 radical (unpaired) electrons. The van der Waals surface area contributed by atoms with Gasteiger partial charge in [-0.3, -0.25) is 4.79 Å². The van der Waals surface area contributed by atoms with Gasteiger partial charge < -0.3 is 14.9 Å². The topological polar surface area (TPSA) is 181 Å². The number of benzene rings is 2. The van der Waals surface area contributed by atoms with Gasteiger partial charge in [0.2, 0.25) is 0 Å². The molecule has 2 aliphatic heterocycles. The molecule has 0 atom stereocenters. The van der Waals surface area contributed by atoms with Crippen LogP contribution in [0.5, 0.6) is 0 Å². The fourth-order valence-electron chi connectivity index (χ4n) is 7.31. The number of carboxylic acids is 1. The lowest BCUT2D eigenvalue weighted by atomic mass is 9.95. The largest absolute Gasteiger partial charge is 0.478 e. The Balaban J connectivity index is 0.000000208. The second-order valence-electron chi connectivity index (χ2n) is 14.7. The maximum absolute atomic E-state index is 13.0. The average molecular weight is 796 g/mol. The van der Waals surface area contributed by atoms with Gasteiger partial charge in [-0.25, -0.2) is 28.2 Å². The summed E-state index contributed by atoms with van der Waals surface area (Å²) in [6.07, 6.45) is 12.9. The average Bonchev–Trinajstić information content (AvgIpc) is 3.24. The van der Waals surface area contributed by atoms with Crippen LogP contribution in [0.4, 0.5) is 11.6 Å². The number of nitrogens with zero attached hydrogens (tertiary/aromatic N) is 7. The molecule has 0 bridgehead atoms. The van der Waals surface area contributed by atoms with Crippen LogP contribution in [-0.4, -0.2) is 72.7 Å². The highest BCUT2D eigenvalue weighted by Crippen LogP contribution is 2.31. The standard InChI is InChI=1S/C26H26N4O3S.C19H19N3O2/c1-18-6-7-20(24(31)12-19-8-9-28-25(13-19)34(2,32)33)15-23(18)22-14-21(16-27)26(29-17-22)30-10-4-3-5-11-30;1-13-5-6-14(19(23)24)10-17(13)16-9-15(11-20)18(21-12-16)22-7-3-2-4-8-22/h6-9,13-15,17H,3-5,10-12H2,1-2H3;5-6,9-10,12H,2-4,7-8H2,1H3,(H,23,24). The predicted molar refractivity (Wildman–Crippen MR) is 223 cm³/mol. The summed E-state index contributed by atoms with van der Waals surface area (Å²) in [6.45, 7) is 7.53. The number of aromatic nitrogens is 3. The third-order valence-corrected chi connectivity index (χ3v) is 11.5. The van der Waals surface area contributed by atoms with E-state index in [4.69, 9.17) is 0 Å². The summed E-state index contributed by atoms with van der Waals surface area (Å²) < 4.78 is 23.6. The van der Waals surface area contributed by atoms with Crippen molar-refractivity contribution >= 4 is 33.2 Å². The Morgan fingerprint density at radius 3 is 1.64 bits per heavy atom. The summed E-state index contributed by atoms with van der Waals surface area (Å²) in [5.41, 5.74) is 7.51. The zero-order chi connectivity index (χ0) is 41.4. The number of carbonyl (C=O) groups excluding carboxylic acids is 1. The Kier molecular flexibility index (Phi) is 12.9. The third kappa shape index (κ3) is 9.74. The van der Waals surface area contributed by atoms with Gasteiger partial charge >= 0.3 is 5.97 Å². The van der Waals surface area contributed by atoms with Crippen molar-refractivity contribution in [2.45, 2.75) is 63.8 Å². The van der Waals surface area contributed by atoms with Gasteiger partial charge in [0.25, 0.3) is 0 Å². The number of ketones is 1. The fourth-order valence-corrected chi connectivity index (χ4v) is 7.93. The quantitative estimate of drug-likeness (QED) is 0.143. The van der Waals surface area contributed by atoms with Crippen molar-refractivity contribution < 1.29 is 23.1 Å². The number of aromatic carboxylic acids is 1. The maximum atomic E-state index is 13.0. The van der Waals surface area contributed by atoms with Crippen molar-refractivity contribution in [1.82, 2.24) is 15.0 Å². The van der Waals surface area contributed by atoms with Crippen molar-refractivity contribution in [2.75, 3.05) is 42.2 Å². The van der Waals surface area contributed by atoms with E-state index in [0.717, 1.165) is 103 Å². The molecule has 0 spiro atoms. The van der Waals surface area contributed by atoms with Crippen LogP contribution in [0.25, 0.3) is 22.3 Å². The second kappa shape index (κ2) is 18.2. The first-order valence-electron chi connectivity index (χ1n) is 19.3. The van der Waals surface area contributed by atoms with Crippen molar-refractivity contribution in [1.29, 1.82) is 10.5 Å². The van der Waals surface area contributed by atoms with Crippen molar-refractivity contribution in [3.8, 4) is 34.4 Å². The summed E-state index contributed by atoms with van der Waals surface area (Å²) in [7, 11) is -3.45. The van der Waals surface area contributed by atoms with Crippen LogP contribution in [0, 0.1) is 36.5 Å². The third-order valence-electron chi connectivity index (χ3n) is 10.5. The van der Waals surface area contributed by atoms with E-state index in [1.807, 2.05) is 38.1 Å². The summed E-state index contributed by atoms with van der Waals surface area (Å²) >= 11 is 0. The van der Waals surface area contributed by atoms with Crippen LogP contribution >= 0.6 is 0 Å². The molecule has 2 saturated heterocycles. The van der Waals surface area contributed by atoms with E-state index in [1.165, 1.54) is 25.1 Å². The van der Waals surface area contributed by atoms with E-state index in [2.05, 4.69) is 36.9 Å². The van der Waals surface area contributed by atoms with Gasteiger partial charge in [-0.15, -0.1) is 0 Å². The lowest BCUT2D eigenvalue weighted by molar-refractivity contribution is 0.0696. The molecule has 5 aromatic rings. The molecule has 296 valence electrons. The molecule has 0 unspecified atom stereocenters. The highest BCUT2D eigenvalue weighted by Gasteiger charge is 2.20. The second-order valence-corrected chi connectivity index (χ2v) is 16.7. The first kappa shape index (κ1) is 41.2. The number of sulfone groups is 1. The number of aryl methyl sites for hydroxylation is 2. The Hall–Kier alpha value is -6.44. The predicted octanol–water partition coefficient (Wildman–Crippen LogP) is 7.76. The lowest BCUT2D eigenvalue weighted by Gasteiger charge is -2.28. The molecule has 2 aliphatic rings. The first-order valence-corrected chi connectivity index (χ1v) is 21.2. The van der Waals surface area contributed by atoms with E-state index < -0.39 is 15.8 Å². The van der Waals surface area contributed by atoms with Gasteiger partial charge in [-0.2, -0.15) is 10.5 Å². The van der Waals surface area contributed by atoms with Crippen LogP contribution in [-0.2, 0) is 16.3 Å². The smallest absolute Gasteiger partial charge is 0.335 e. The zero-order valence-electron chi connectivity index (χ0n) is 32.9. The number of hydrogen-bond acceptors (Lipinski definition) is 11. The molecule has 0 amide bonds. The van der Waals surface area contributed by atoms with Gasteiger partial charge in [0, 0.05) is 74.1 Å². The Morgan fingerprint density at radius 1 is 0.690 bits per heavy atom. The summed E-state index contributed by atoms with van der Waals surface area (Å²) in [5.74, 6) is 0.350. The van der Waals surface area contributed by atoms with E-state index in [-0.39, 0.29) is 22.8 Å². The SMILES string of the molecule is Cc1ccc(C(=O)Cc2ccnc(S(C)(=O)=O)c2)cc1-c1cnc(N2CCCCC2)c(C#N)c1.Cc1ccc(C(=O)O)cc1-c1cnc(N2CCCCC2)c(C#N)c1. The van der Waals surface area contributed by atoms with Crippen LogP contribution in [0.3, 0.4) is 0 Å². The van der Waals surface area contributed by atoms with Crippen LogP contribution in [0.15, 0.2) is 84.3 Å². The molecule has 7 rings (SSSR count). The van der Waals surface area contributed by atoms with Crippen molar-refractivity contribution in [3.63, 3.8) is 0 Å². The number of pyridine rings is 3. The molecule has 1 N–H and O–H groups in total. The summed E-state index contributed by atoms with van der Waals surface area (Å²) in [6, 6.07) is 21.7. The van der Waals surface area contributed by atoms with E-state index >= 15 is 0 Å². The minimum Gasteiger partial charge on any atom is -0.478 e. The normalized spacial score (nSPS) is 14.1. The summed E-state index contributed by atoms with van der Waals surface area (Å²) in [5, 5.41) is 28.4. The number of carboxylic acid groups (broad SMARTS) is 1. The van der Waals surface area contributed by atoms with Crippen LogP contribution in [0.2, 0.25) is 0 Å². The number of carbonyl (C=O) groups is 2. The first-order chi connectivity index (χ1) is 27.9. The summed E-state index contributed by atoms with van der Waals surface area (Å²) in [4.78, 5) is 41.6. The number of nitriles is 2. The van der Waals surface area contributed by atoms with Crippen molar-refractivity contribution in [3.05, 3.63) is 118 Å². The minimum absolute atomic E-state index is 0.0497. The van der Waals surface area contributed by atoms with Gasteiger partial charge in [-0.1, -0.05) is 18.2 Å². The number of hydrogen-bond donors (Lipinski definition) is 1. The zero-order valence-corrected chi connectivity index (χ0v) is 33.7. The molecule has 13 heteroatoms. The highest BCUT2D eigenvalue weighted by atomic mass is 32.2. The number of anilines is 2. The molecule has 0 aliphatic carbocycles. The van der Waals surface area contributed by atoms with Gasteiger partial charge in [0.15, 0.2) is 20.6 Å². The fraction of sp³-hybridized carbons (Fsp3) is 0.311. The van der Waals surface area contributed by atoms with Gasteiger partial charge in [0.05, 0.1) is 16.7 Å².